The Morgan fingerprint density at radius 1 is 0.686 bits per heavy atom. The number of nitrogens with one attached hydrogen (secondary N) is 2. The number of rotatable bonds is 17. The minimum absolute atomic E-state index is 0.122. The van der Waals surface area contributed by atoms with Crippen molar-refractivity contribution >= 4 is 29.2 Å². The largest absolute Gasteiger partial charge is 0.459 e. The van der Waals surface area contributed by atoms with Crippen LogP contribution in [0.25, 0.3) is 11.1 Å². The molecular formula is C44H47N3O4. The zero-order valence-corrected chi connectivity index (χ0v) is 29.5. The van der Waals surface area contributed by atoms with Crippen LogP contribution in [0.3, 0.4) is 0 Å². The van der Waals surface area contributed by atoms with Gasteiger partial charge in [0.05, 0.1) is 0 Å². The molecule has 7 heteroatoms. The topological polar surface area (TPSA) is 87.7 Å². The highest BCUT2D eigenvalue weighted by molar-refractivity contribution is 6.12. The van der Waals surface area contributed by atoms with Crippen LogP contribution < -0.4 is 15.5 Å². The second-order valence-corrected chi connectivity index (χ2v) is 12.7. The van der Waals surface area contributed by atoms with E-state index < -0.39 is 12.0 Å². The van der Waals surface area contributed by atoms with Gasteiger partial charge in [0.2, 0.25) is 0 Å². The maximum atomic E-state index is 13.6. The molecule has 0 aromatic heterocycles. The maximum Gasteiger partial charge on any atom is 0.329 e. The van der Waals surface area contributed by atoms with E-state index in [2.05, 4.69) is 17.6 Å². The number of anilines is 2. The molecule has 5 rings (SSSR count). The molecule has 0 fully saturated rings. The van der Waals surface area contributed by atoms with E-state index in [-0.39, 0.29) is 18.4 Å². The molecular weight excluding hydrogens is 635 g/mol. The SMILES string of the molecule is CCCCCCCNC(=O)N(C)c1cccc(-c2ccc(C[C@H](Nc3ccccc3C(=O)c3ccccc3)C(=O)OCc3ccccc3)cc2)c1. The van der Waals surface area contributed by atoms with Gasteiger partial charge in [0.1, 0.15) is 12.6 Å². The summed E-state index contributed by atoms with van der Waals surface area (Å²) in [5.74, 6) is -0.549. The minimum Gasteiger partial charge on any atom is -0.459 e. The molecule has 0 aliphatic heterocycles. The van der Waals surface area contributed by atoms with Crippen molar-refractivity contribution in [1.29, 1.82) is 0 Å². The van der Waals surface area contributed by atoms with E-state index in [4.69, 9.17) is 4.74 Å². The number of carbonyl (C=O) groups is 3. The Bertz CT molecular complexity index is 1860. The smallest absolute Gasteiger partial charge is 0.329 e. The molecule has 7 nitrogen and oxygen atoms in total. The van der Waals surface area contributed by atoms with Crippen LogP contribution >= 0.6 is 0 Å². The van der Waals surface area contributed by atoms with Crippen molar-refractivity contribution in [3.63, 3.8) is 0 Å². The summed E-state index contributed by atoms with van der Waals surface area (Å²) < 4.78 is 5.79. The van der Waals surface area contributed by atoms with Crippen LogP contribution in [-0.4, -0.2) is 37.4 Å². The first-order valence-corrected chi connectivity index (χ1v) is 17.8. The third-order valence-corrected chi connectivity index (χ3v) is 8.87. The lowest BCUT2D eigenvalue weighted by molar-refractivity contribution is -0.145. The zero-order chi connectivity index (χ0) is 35.8. The van der Waals surface area contributed by atoms with Crippen LogP contribution in [-0.2, 0) is 22.6 Å². The molecule has 0 aliphatic carbocycles. The Morgan fingerprint density at radius 3 is 2.12 bits per heavy atom. The van der Waals surface area contributed by atoms with Gasteiger partial charge in [-0.15, -0.1) is 0 Å². The van der Waals surface area contributed by atoms with E-state index in [9.17, 15) is 14.4 Å². The molecule has 2 amide bonds. The summed E-state index contributed by atoms with van der Waals surface area (Å²) in [4.78, 5) is 41.6. The number of para-hydroxylation sites is 1. The molecule has 0 saturated carbocycles. The van der Waals surface area contributed by atoms with Crippen LogP contribution in [0.1, 0.15) is 66.1 Å². The lowest BCUT2D eigenvalue weighted by Crippen LogP contribution is -2.37. The number of hydrogen-bond acceptors (Lipinski definition) is 5. The molecule has 0 heterocycles. The highest BCUT2D eigenvalue weighted by Crippen LogP contribution is 2.26. The molecule has 0 saturated heterocycles. The van der Waals surface area contributed by atoms with Crippen LogP contribution in [0.5, 0.6) is 0 Å². The van der Waals surface area contributed by atoms with Gasteiger partial charge >= 0.3 is 12.0 Å². The van der Waals surface area contributed by atoms with Gasteiger partial charge in [-0.3, -0.25) is 9.69 Å². The number of urea groups is 1. The van der Waals surface area contributed by atoms with E-state index in [1.54, 1.807) is 30.1 Å². The van der Waals surface area contributed by atoms with Crippen LogP contribution in [0.4, 0.5) is 16.2 Å². The molecule has 51 heavy (non-hydrogen) atoms. The molecule has 0 bridgehead atoms. The summed E-state index contributed by atoms with van der Waals surface area (Å²) in [6.45, 7) is 3.00. The van der Waals surface area contributed by atoms with Crippen molar-refractivity contribution < 1.29 is 19.1 Å². The molecule has 5 aromatic rings. The van der Waals surface area contributed by atoms with Crippen molar-refractivity contribution in [3.05, 3.63) is 156 Å². The Balaban J connectivity index is 1.30. The van der Waals surface area contributed by atoms with Gasteiger partial charge in [-0.1, -0.05) is 142 Å². The van der Waals surface area contributed by atoms with Gasteiger partial charge < -0.3 is 15.4 Å². The van der Waals surface area contributed by atoms with Crippen molar-refractivity contribution in [3.8, 4) is 11.1 Å². The number of nitrogens with zero attached hydrogens (tertiary/aromatic N) is 1. The number of carbonyl (C=O) groups excluding carboxylic acids is 3. The first kappa shape index (κ1) is 36.6. The normalized spacial score (nSPS) is 11.3. The molecule has 0 aliphatic rings. The highest BCUT2D eigenvalue weighted by atomic mass is 16.5. The predicted octanol–water partition coefficient (Wildman–Crippen LogP) is 9.47. The van der Waals surface area contributed by atoms with Crippen molar-refractivity contribution in [2.24, 2.45) is 0 Å². The summed E-state index contributed by atoms with van der Waals surface area (Å²) in [5, 5.41) is 6.38. The molecule has 0 radical (unpaired) electrons. The fourth-order valence-corrected chi connectivity index (χ4v) is 5.89. The number of ketones is 1. The highest BCUT2D eigenvalue weighted by Gasteiger charge is 2.24. The van der Waals surface area contributed by atoms with Gasteiger partial charge in [0, 0.05) is 42.5 Å². The van der Waals surface area contributed by atoms with E-state index in [1.165, 1.54) is 19.3 Å². The van der Waals surface area contributed by atoms with Gasteiger partial charge in [0.15, 0.2) is 5.78 Å². The summed E-state index contributed by atoms with van der Waals surface area (Å²) >= 11 is 0. The van der Waals surface area contributed by atoms with Gasteiger partial charge in [-0.2, -0.15) is 0 Å². The van der Waals surface area contributed by atoms with E-state index in [0.29, 0.717) is 29.8 Å². The van der Waals surface area contributed by atoms with E-state index >= 15 is 0 Å². The average molecular weight is 682 g/mol. The van der Waals surface area contributed by atoms with E-state index in [1.807, 2.05) is 115 Å². The lowest BCUT2D eigenvalue weighted by Gasteiger charge is -2.21. The van der Waals surface area contributed by atoms with Crippen molar-refractivity contribution in [2.45, 2.75) is 58.1 Å². The number of ether oxygens (including phenoxy) is 1. The summed E-state index contributed by atoms with van der Waals surface area (Å²) in [5.41, 5.74) is 6.18. The average Bonchev–Trinajstić information content (AvgIpc) is 3.18. The number of amides is 2. The minimum atomic E-state index is -0.758. The second kappa shape index (κ2) is 18.9. The summed E-state index contributed by atoms with van der Waals surface area (Å²) in [7, 11) is 1.78. The quantitative estimate of drug-likeness (QED) is 0.0580. The van der Waals surface area contributed by atoms with Gasteiger partial charge in [0.25, 0.3) is 0 Å². The molecule has 2 N–H and O–H groups in total. The van der Waals surface area contributed by atoms with Gasteiger partial charge in [-0.25, -0.2) is 9.59 Å². The predicted molar refractivity (Wildman–Crippen MR) is 206 cm³/mol. The molecule has 1 atom stereocenters. The standard InChI is InChI=1S/C44H47N3O4/c1-3-4-5-6-15-29-45-44(50)47(2)38-22-16-21-37(31-38)35-27-25-33(26-28-35)30-41(43(49)51-32-34-17-9-7-10-18-34)46-40-24-14-13-23-39(40)42(48)36-19-11-8-12-20-36/h7-14,16-28,31,41,46H,3-6,15,29-30,32H2,1-2H3,(H,45,50)/t41-/m0/s1. The molecule has 0 spiro atoms. The van der Waals surface area contributed by atoms with Crippen LogP contribution in [0.2, 0.25) is 0 Å². The molecule has 5 aromatic carbocycles. The second-order valence-electron chi connectivity index (χ2n) is 12.7. The van der Waals surface area contributed by atoms with Crippen molar-refractivity contribution in [1.82, 2.24) is 5.32 Å². The number of benzene rings is 5. The number of hydrogen-bond donors (Lipinski definition) is 2. The monoisotopic (exact) mass is 681 g/mol. The lowest BCUT2D eigenvalue weighted by atomic mass is 9.98. The van der Waals surface area contributed by atoms with Crippen LogP contribution in [0.15, 0.2) is 133 Å². The molecule has 262 valence electrons. The number of esters is 1. The third kappa shape index (κ3) is 10.6. The Labute approximate surface area is 301 Å². The third-order valence-electron chi connectivity index (χ3n) is 8.87. The van der Waals surface area contributed by atoms with Crippen LogP contribution in [0, 0.1) is 0 Å². The van der Waals surface area contributed by atoms with Gasteiger partial charge in [-0.05, 0) is 52.9 Å². The maximum absolute atomic E-state index is 13.6. The fourth-order valence-electron chi connectivity index (χ4n) is 5.89. The number of unbranched alkanes of at least 4 members (excludes halogenated alkanes) is 4. The summed E-state index contributed by atoms with van der Waals surface area (Å²) in [6, 6.07) is 40.9. The Kier molecular flexibility index (Phi) is 13.6. The fraction of sp³-hybridized carbons (Fsp3) is 0.250. The van der Waals surface area contributed by atoms with Crippen molar-refractivity contribution in [2.75, 3.05) is 23.8 Å². The first-order chi connectivity index (χ1) is 24.9. The first-order valence-electron chi connectivity index (χ1n) is 17.8. The zero-order valence-electron chi connectivity index (χ0n) is 29.5. The Morgan fingerprint density at radius 2 is 1.37 bits per heavy atom. The Hall–Kier alpha value is -5.69. The van der Waals surface area contributed by atoms with E-state index in [0.717, 1.165) is 40.8 Å². The summed E-state index contributed by atoms with van der Waals surface area (Å²) in [6.07, 6.45) is 6.06. The molecule has 0 unspecified atom stereocenters.